The number of aromatic nitrogens is 2. The standard InChI is InChI=1S/C21H27F2N5O/c1-13(2)20-24-14(3)11-19(26-20)28-9-7-27(8-10-28)15(4)21(29)25-16-5-6-17(22)18(23)12-16/h5-6,11-13,15H,7-10H2,1-4H3,(H,25,29)/t15-/m1/s1. The van der Waals surface area contributed by atoms with Crippen molar-refractivity contribution in [3.05, 3.63) is 47.4 Å². The molecule has 1 aliphatic rings. The summed E-state index contributed by atoms with van der Waals surface area (Å²) in [6.07, 6.45) is 0. The van der Waals surface area contributed by atoms with Crippen molar-refractivity contribution in [2.75, 3.05) is 36.4 Å². The number of nitrogens with one attached hydrogen (secondary N) is 1. The Morgan fingerprint density at radius 1 is 1.03 bits per heavy atom. The molecule has 0 radical (unpaired) electrons. The van der Waals surface area contributed by atoms with Crippen LogP contribution >= 0.6 is 0 Å². The number of halogens is 2. The monoisotopic (exact) mass is 403 g/mol. The molecule has 8 heteroatoms. The Balaban J connectivity index is 1.59. The Morgan fingerprint density at radius 3 is 2.34 bits per heavy atom. The Morgan fingerprint density at radius 2 is 1.72 bits per heavy atom. The van der Waals surface area contributed by atoms with E-state index in [9.17, 15) is 13.6 Å². The zero-order valence-corrected chi connectivity index (χ0v) is 17.2. The molecule has 0 aliphatic carbocycles. The van der Waals surface area contributed by atoms with Gasteiger partial charge in [-0.3, -0.25) is 9.69 Å². The molecular formula is C21H27F2N5O. The average Bonchev–Trinajstić information content (AvgIpc) is 2.69. The normalized spacial score (nSPS) is 16.2. The molecule has 2 heterocycles. The van der Waals surface area contributed by atoms with Gasteiger partial charge in [-0.15, -0.1) is 0 Å². The molecule has 156 valence electrons. The molecule has 29 heavy (non-hydrogen) atoms. The Labute approximate surface area is 169 Å². The molecule has 0 saturated carbocycles. The number of nitrogens with zero attached hydrogens (tertiary/aromatic N) is 4. The van der Waals surface area contributed by atoms with Gasteiger partial charge in [0, 0.05) is 55.6 Å². The van der Waals surface area contributed by atoms with E-state index in [4.69, 9.17) is 0 Å². The van der Waals surface area contributed by atoms with Crippen LogP contribution in [-0.4, -0.2) is 53.0 Å². The Bertz CT molecular complexity index is 881. The third-order valence-electron chi connectivity index (χ3n) is 5.13. The van der Waals surface area contributed by atoms with Crippen molar-refractivity contribution in [3.63, 3.8) is 0 Å². The second-order valence-electron chi connectivity index (χ2n) is 7.70. The summed E-state index contributed by atoms with van der Waals surface area (Å²) in [5.41, 5.74) is 1.19. The van der Waals surface area contributed by atoms with E-state index < -0.39 is 11.6 Å². The Kier molecular flexibility index (Phi) is 6.42. The van der Waals surface area contributed by atoms with Crippen molar-refractivity contribution >= 4 is 17.4 Å². The SMILES string of the molecule is Cc1cc(N2CCN([C@H](C)C(=O)Nc3ccc(F)c(F)c3)CC2)nc(C(C)C)n1. The number of carbonyl (C=O) groups is 1. The highest BCUT2D eigenvalue weighted by Crippen LogP contribution is 2.20. The first-order valence-corrected chi connectivity index (χ1v) is 9.85. The minimum absolute atomic E-state index is 0.246. The number of hydrogen-bond acceptors (Lipinski definition) is 5. The molecule has 2 aromatic rings. The first kappa shape index (κ1) is 21.1. The molecule has 1 fully saturated rings. The quantitative estimate of drug-likeness (QED) is 0.830. The maximum absolute atomic E-state index is 13.3. The van der Waals surface area contributed by atoms with Crippen LogP contribution in [0.5, 0.6) is 0 Å². The minimum atomic E-state index is -0.982. The highest BCUT2D eigenvalue weighted by atomic mass is 19.2. The predicted octanol–water partition coefficient (Wildman–Crippen LogP) is 3.34. The van der Waals surface area contributed by atoms with Gasteiger partial charge in [0.25, 0.3) is 0 Å². The van der Waals surface area contributed by atoms with Gasteiger partial charge in [0.1, 0.15) is 11.6 Å². The number of hydrogen-bond donors (Lipinski definition) is 1. The van der Waals surface area contributed by atoms with Crippen molar-refractivity contribution in [2.24, 2.45) is 0 Å². The van der Waals surface area contributed by atoms with Gasteiger partial charge in [-0.1, -0.05) is 13.8 Å². The zero-order valence-electron chi connectivity index (χ0n) is 17.2. The molecule has 0 spiro atoms. The fourth-order valence-corrected chi connectivity index (χ4v) is 3.32. The molecule has 6 nitrogen and oxygen atoms in total. The van der Waals surface area contributed by atoms with E-state index in [1.54, 1.807) is 0 Å². The summed E-state index contributed by atoms with van der Waals surface area (Å²) < 4.78 is 26.4. The first-order valence-electron chi connectivity index (χ1n) is 9.85. The summed E-state index contributed by atoms with van der Waals surface area (Å²) in [6.45, 7) is 10.8. The lowest BCUT2D eigenvalue weighted by Gasteiger charge is -2.38. The second-order valence-corrected chi connectivity index (χ2v) is 7.70. The van der Waals surface area contributed by atoms with Gasteiger partial charge in [-0.05, 0) is 26.0 Å². The number of amides is 1. The van der Waals surface area contributed by atoms with Crippen LogP contribution in [0.15, 0.2) is 24.3 Å². The smallest absolute Gasteiger partial charge is 0.241 e. The van der Waals surface area contributed by atoms with E-state index in [0.29, 0.717) is 13.1 Å². The molecule has 1 saturated heterocycles. The van der Waals surface area contributed by atoms with Crippen LogP contribution in [0, 0.1) is 18.6 Å². The van der Waals surface area contributed by atoms with Gasteiger partial charge >= 0.3 is 0 Å². The van der Waals surface area contributed by atoms with Gasteiger partial charge < -0.3 is 10.2 Å². The van der Waals surface area contributed by atoms with Gasteiger partial charge in [0.2, 0.25) is 5.91 Å². The van der Waals surface area contributed by atoms with Gasteiger partial charge in [0.15, 0.2) is 11.6 Å². The summed E-state index contributed by atoms with van der Waals surface area (Å²) >= 11 is 0. The third-order valence-corrected chi connectivity index (χ3v) is 5.13. The molecule has 1 aromatic heterocycles. The average molecular weight is 403 g/mol. The topological polar surface area (TPSA) is 61.4 Å². The second kappa shape index (κ2) is 8.82. The maximum atomic E-state index is 13.3. The highest BCUT2D eigenvalue weighted by Gasteiger charge is 2.26. The van der Waals surface area contributed by atoms with E-state index in [2.05, 4.69) is 38.9 Å². The highest BCUT2D eigenvalue weighted by molar-refractivity contribution is 5.94. The molecule has 1 atom stereocenters. The first-order chi connectivity index (χ1) is 13.7. The van der Waals surface area contributed by atoms with E-state index in [0.717, 1.165) is 42.6 Å². The minimum Gasteiger partial charge on any atom is -0.354 e. The van der Waals surface area contributed by atoms with Crippen LogP contribution in [0.25, 0.3) is 0 Å². The van der Waals surface area contributed by atoms with E-state index >= 15 is 0 Å². The van der Waals surface area contributed by atoms with Crippen LogP contribution in [0.1, 0.15) is 38.2 Å². The summed E-state index contributed by atoms with van der Waals surface area (Å²) in [5, 5.41) is 2.66. The third kappa shape index (κ3) is 5.06. The number of rotatable bonds is 5. The lowest BCUT2D eigenvalue weighted by Crippen LogP contribution is -2.53. The van der Waals surface area contributed by atoms with Crippen molar-refractivity contribution in [2.45, 2.75) is 39.7 Å². The van der Waals surface area contributed by atoms with Crippen LogP contribution in [0.2, 0.25) is 0 Å². The van der Waals surface area contributed by atoms with Crippen LogP contribution in [0.3, 0.4) is 0 Å². The lowest BCUT2D eigenvalue weighted by atomic mass is 10.2. The van der Waals surface area contributed by atoms with E-state index in [-0.39, 0.29) is 23.6 Å². The molecule has 1 aromatic carbocycles. The maximum Gasteiger partial charge on any atom is 0.241 e. The molecule has 1 amide bonds. The van der Waals surface area contributed by atoms with Crippen LogP contribution in [-0.2, 0) is 4.79 Å². The predicted molar refractivity (Wildman–Crippen MR) is 109 cm³/mol. The van der Waals surface area contributed by atoms with Crippen molar-refractivity contribution in [3.8, 4) is 0 Å². The van der Waals surface area contributed by atoms with E-state index in [1.807, 2.05) is 19.9 Å². The Hall–Kier alpha value is -2.61. The molecule has 0 unspecified atom stereocenters. The number of aryl methyl sites for hydroxylation is 1. The number of benzene rings is 1. The number of anilines is 2. The summed E-state index contributed by atoms with van der Waals surface area (Å²) in [7, 11) is 0. The largest absolute Gasteiger partial charge is 0.354 e. The molecule has 1 N–H and O–H groups in total. The van der Waals surface area contributed by atoms with Crippen LogP contribution in [0.4, 0.5) is 20.3 Å². The number of carbonyl (C=O) groups excluding carboxylic acids is 1. The van der Waals surface area contributed by atoms with Crippen molar-refractivity contribution in [1.82, 2.24) is 14.9 Å². The van der Waals surface area contributed by atoms with Gasteiger partial charge in [-0.2, -0.15) is 0 Å². The zero-order chi connectivity index (χ0) is 21.1. The van der Waals surface area contributed by atoms with Crippen LogP contribution < -0.4 is 10.2 Å². The fraction of sp³-hybridized carbons (Fsp3) is 0.476. The summed E-state index contributed by atoms with van der Waals surface area (Å²) in [6, 6.07) is 4.94. The molecule has 3 rings (SSSR count). The lowest BCUT2D eigenvalue weighted by molar-refractivity contribution is -0.120. The van der Waals surface area contributed by atoms with Crippen molar-refractivity contribution in [1.29, 1.82) is 0 Å². The molecular weight excluding hydrogens is 376 g/mol. The molecule has 0 bridgehead atoms. The summed E-state index contributed by atoms with van der Waals surface area (Å²) in [5.74, 6) is -0.154. The van der Waals surface area contributed by atoms with Gasteiger partial charge in [-0.25, -0.2) is 18.7 Å². The van der Waals surface area contributed by atoms with Crippen molar-refractivity contribution < 1.29 is 13.6 Å². The molecule has 1 aliphatic heterocycles. The van der Waals surface area contributed by atoms with E-state index in [1.165, 1.54) is 6.07 Å². The van der Waals surface area contributed by atoms with Gasteiger partial charge in [0.05, 0.1) is 6.04 Å². The number of piperazine rings is 1. The summed E-state index contributed by atoms with van der Waals surface area (Å²) in [4.78, 5) is 26.0. The fourth-order valence-electron chi connectivity index (χ4n) is 3.32.